The van der Waals surface area contributed by atoms with E-state index in [2.05, 4.69) is 10.1 Å². The maximum absolute atomic E-state index is 5.71. The van der Waals surface area contributed by atoms with Crippen LogP contribution >= 0.6 is 11.6 Å². The maximum Gasteiger partial charge on any atom is 0.181 e. The van der Waals surface area contributed by atoms with Gasteiger partial charge in [-0.25, -0.2) is 4.98 Å². The summed E-state index contributed by atoms with van der Waals surface area (Å²) in [5.41, 5.74) is 1.01. The maximum atomic E-state index is 5.71. The highest BCUT2D eigenvalue weighted by Crippen LogP contribution is 2.14. The molecule has 1 heterocycles. The molecule has 2 rings (SSSR count). The first kappa shape index (κ1) is 9.21. The zero-order valence-corrected chi connectivity index (χ0v) is 8.57. The Morgan fingerprint density at radius 2 is 2.00 bits per heavy atom. The fraction of sp³-hybridized carbons (Fsp3) is 0.200. The quantitative estimate of drug-likeness (QED) is 0.707. The minimum atomic E-state index is 0.385. The van der Waals surface area contributed by atoms with E-state index in [-0.39, 0.29) is 0 Å². The van der Waals surface area contributed by atoms with Gasteiger partial charge in [0.25, 0.3) is 0 Å². The molecule has 4 heteroatoms. The molecule has 1 aromatic carbocycles. The van der Waals surface area contributed by atoms with Crippen LogP contribution in [0.4, 0.5) is 0 Å². The van der Waals surface area contributed by atoms with E-state index in [1.54, 1.807) is 4.68 Å². The molecule has 0 radical (unpaired) electrons. The summed E-state index contributed by atoms with van der Waals surface area (Å²) in [6.45, 7) is 0. The number of nitrogens with zero attached hydrogens (tertiary/aromatic N) is 3. The summed E-state index contributed by atoms with van der Waals surface area (Å²) in [6, 6.07) is 9.85. The molecule has 14 heavy (non-hydrogen) atoms. The Bertz CT molecular complexity index is 422. The molecule has 0 bridgehead atoms. The van der Waals surface area contributed by atoms with E-state index >= 15 is 0 Å². The van der Waals surface area contributed by atoms with Crippen molar-refractivity contribution in [2.24, 2.45) is 7.05 Å². The molecule has 0 fully saturated rings. The van der Waals surface area contributed by atoms with E-state index < -0.39 is 0 Å². The van der Waals surface area contributed by atoms with Crippen LogP contribution in [0.2, 0.25) is 0 Å². The monoisotopic (exact) mass is 207 g/mol. The number of aromatic nitrogens is 3. The molecular formula is C10H10ClN3. The van der Waals surface area contributed by atoms with Crippen LogP contribution in [0.15, 0.2) is 30.3 Å². The molecule has 0 atom stereocenters. The third-order valence-corrected chi connectivity index (χ3v) is 2.24. The Balaban J connectivity index is 2.43. The van der Waals surface area contributed by atoms with E-state index in [4.69, 9.17) is 11.6 Å². The predicted octanol–water partition coefficient (Wildman–Crippen LogP) is 2.22. The highest BCUT2D eigenvalue weighted by Gasteiger charge is 2.06. The van der Waals surface area contributed by atoms with Gasteiger partial charge in [0, 0.05) is 12.6 Å². The minimum absolute atomic E-state index is 0.385. The predicted molar refractivity (Wildman–Crippen MR) is 56.0 cm³/mol. The van der Waals surface area contributed by atoms with Crippen LogP contribution in [0, 0.1) is 0 Å². The molecule has 0 amide bonds. The summed E-state index contributed by atoms with van der Waals surface area (Å²) in [4.78, 5) is 4.32. The largest absolute Gasteiger partial charge is 0.251 e. The van der Waals surface area contributed by atoms with E-state index in [9.17, 15) is 0 Å². The summed E-state index contributed by atoms with van der Waals surface area (Å²) >= 11 is 5.71. The number of rotatable bonds is 2. The van der Waals surface area contributed by atoms with Gasteiger partial charge in [0.1, 0.15) is 5.82 Å². The van der Waals surface area contributed by atoms with Crippen LogP contribution < -0.4 is 0 Å². The lowest BCUT2D eigenvalue weighted by Crippen LogP contribution is -1.95. The summed E-state index contributed by atoms with van der Waals surface area (Å²) in [7, 11) is 1.84. The van der Waals surface area contributed by atoms with Crippen molar-refractivity contribution < 1.29 is 0 Å². The zero-order valence-electron chi connectivity index (χ0n) is 7.81. The minimum Gasteiger partial charge on any atom is -0.251 e. The second-order valence-electron chi connectivity index (χ2n) is 2.97. The fourth-order valence-electron chi connectivity index (χ4n) is 1.24. The highest BCUT2D eigenvalue weighted by molar-refractivity contribution is 6.16. The first-order chi connectivity index (χ1) is 6.81. The van der Waals surface area contributed by atoms with Crippen molar-refractivity contribution in [1.29, 1.82) is 0 Å². The van der Waals surface area contributed by atoms with Gasteiger partial charge in [-0.2, -0.15) is 5.10 Å². The fourth-order valence-corrected chi connectivity index (χ4v) is 1.48. The SMILES string of the molecule is Cn1nc(-c2ccccc2)nc1CCl. The second kappa shape index (κ2) is 3.80. The molecule has 0 aliphatic rings. The molecule has 1 aromatic heterocycles. The number of benzene rings is 1. The summed E-state index contributed by atoms with van der Waals surface area (Å²) in [5.74, 6) is 1.89. The van der Waals surface area contributed by atoms with Crippen molar-refractivity contribution in [3.05, 3.63) is 36.2 Å². The van der Waals surface area contributed by atoms with Gasteiger partial charge in [0.05, 0.1) is 5.88 Å². The van der Waals surface area contributed by atoms with Crippen molar-refractivity contribution in [3.8, 4) is 11.4 Å². The molecule has 0 saturated heterocycles. The van der Waals surface area contributed by atoms with Crippen molar-refractivity contribution in [1.82, 2.24) is 14.8 Å². The second-order valence-corrected chi connectivity index (χ2v) is 3.24. The van der Waals surface area contributed by atoms with E-state index in [1.807, 2.05) is 37.4 Å². The number of halogens is 1. The molecule has 0 unspecified atom stereocenters. The third kappa shape index (κ3) is 1.63. The Morgan fingerprint density at radius 3 is 2.57 bits per heavy atom. The Hall–Kier alpha value is -1.35. The lowest BCUT2D eigenvalue weighted by Gasteiger charge is -1.91. The lowest BCUT2D eigenvalue weighted by molar-refractivity contribution is 0.730. The summed E-state index contributed by atoms with van der Waals surface area (Å²) in [5, 5.41) is 4.27. The highest BCUT2D eigenvalue weighted by atomic mass is 35.5. The molecule has 3 nitrogen and oxygen atoms in total. The number of aryl methyl sites for hydroxylation is 1. The smallest absolute Gasteiger partial charge is 0.181 e. The van der Waals surface area contributed by atoms with E-state index in [1.165, 1.54) is 0 Å². The van der Waals surface area contributed by atoms with Crippen molar-refractivity contribution in [2.45, 2.75) is 5.88 Å². The van der Waals surface area contributed by atoms with Crippen molar-refractivity contribution in [2.75, 3.05) is 0 Å². The van der Waals surface area contributed by atoms with Crippen molar-refractivity contribution in [3.63, 3.8) is 0 Å². The van der Waals surface area contributed by atoms with Crippen LogP contribution in [-0.4, -0.2) is 14.8 Å². The van der Waals surface area contributed by atoms with Gasteiger partial charge in [-0.15, -0.1) is 11.6 Å². The van der Waals surface area contributed by atoms with Crippen LogP contribution in [0.5, 0.6) is 0 Å². The van der Waals surface area contributed by atoms with Gasteiger partial charge in [0.15, 0.2) is 5.82 Å². The average molecular weight is 208 g/mol. The standard InChI is InChI=1S/C10H10ClN3/c1-14-9(7-11)12-10(13-14)8-5-3-2-4-6-8/h2-6H,7H2,1H3. The summed E-state index contributed by atoms with van der Waals surface area (Å²) in [6.07, 6.45) is 0. The van der Waals surface area contributed by atoms with Gasteiger partial charge < -0.3 is 0 Å². The van der Waals surface area contributed by atoms with Gasteiger partial charge >= 0.3 is 0 Å². The average Bonchev–Trinajstić information content (AvgIpc) is 2.61. The molecule has 72 valence electrons. The molecule has 0 spiro atoms. The van der Waals surface area contributed by atoms with Crippen LogP contribution in [0.1, 0.15) is 5.82 Å². The zero-order chi connectivity index (χ0) is 9.97. The summed E-state index contributed by atoms with van der Waals surface area (Å²) < 4.78 is 1.70. The number of alkyl halides is 1. The normalized spacial score (nSPS) is 10.4. The Morgan fingerprint density at radius 1 is 1.29 bits per heavy atom. The van der Waals surface area contributed by atoms with Gasteiger partial charge in [-0.1, -0.05) is 30.3 Å². The third-order valence-electron chi connectivity index (χ3n) is 2.00. The van der Waals surface area contributed by atoms with Gasteiger partial charge in [-0.05, 0) is 0 Å². The molecule has 0 saturated carbocycles. The van der Waals surface area contributed by atoms with Crippen molar-refractivity contribution >= 4 is 11.6 Å². The lowest BCUT2D eigenvalue weighted by atomic mass is 10.2. The molecule has 0 N–H and O–H groups in total. The first-order valence-corrected chi connectivity index (χ1v) is 4.86. The van der Waals surface area contributed by atoms with Gasteiger partial charge in [0.2, 0.25) is 0 Å². The van der Waals surface area contributed by atoms with Gasteiger partial charge in [-0.3, -0.25) is 4.68 Å². The molecule has 0 aliphatic carbocycles. The first-order valence-electron chi connectivity index (χ1n) is 4.32. The van der Waals surface area contributed by atoms with Crippen LogP contribution in [-0.2, 0) is 12.9 Å². The molecular weight excluding hydrogens is 198 g/mol. The van der Waals surface area contributed by atoms with Crippen LogP contribution in [0.25, 0.3) is 11.4 Å². The number of hydrogen-bond donors (Lipinski definition) is 0. The van der Waals surface area contributed by atoms with E-state index in [0.717, 1.165) is 17.2 Å². The Kier molecular flexibility index (Phi) is 2.50. The molecule has 0 aliphatic heterocycles. The topological polar surface area (TPSA) is 30.7 Å². The van der Waals surface area contributed by atoms with E-state index in [0.29, 0.717) is 5.88 Å². The van der Waals surface area contributed by atoms with Crippen LogP contribution in [0.3, 0.4) is 0 Å². The Labute approximate surface area is 87.3 Å². The molecule has 2 aromatic rings. The number of hydrogen-bond acceptors (Lipinski definition) is 2.